The molecule has 66 valence electrons. The second-order valence-corrected chi connectivity index (χ2v) is 2.39. The van der Waals surface area contributed by atoms with Gasteiger partial charge in [-0.3, -0.25) is 20.2 Å². The zero-order chi connectivity index (χ0) is 9.78. The van der Waals surface area contributed by atoms with E-state index in [1.807, 2.05) is 0 Å². The average molecular weight is 173 g/mol. The highest BCUT2D eigenvalue weighted by atomic mass is 16.7. The summed E-state index contributed by atoms with van der Waals surface area (Å²) in [6.45, 7) is 0.893. The van der Waals surface area contributed by atoms with E-state index in [1.54, 1.807) is 6.07 Å². The van der Waals surface area contributed by atoms with E-state index in [9.17, 15) is 20.2 Å². The van der Waals surface area contributed by atoms with E-state index in [2.05, 4.69) is 0 Å². The standard InChI is InChI=1S/C5H7N3O4/c1-5(7(9)10,8(11)12)3-2-4-6/h2-3H2,1H3. The van der Waals surface area contributed by atoms with Gasteiger partial charge in [0.2, 0.25) is 0 Å². The van der Waals surface area contributed by atoms with Crippen LogP contribution in [0.15, 0.2) is 0 Å². The predicted molar refractivity (Wildman–Crippen MR) is 37.2 cm³/mol. The lowest BCUT2D eigenvalue weighted by atomic mass is 10.1. The number of nitriles is 1. The van der Waals surface area contributed by atoms with Gasteiger partial charge >= 0.3 is 5.66 Å². The molecule has 0 fully saturated rings. The molecule has 0 aromatic rings. The van der Waals surface area contributed by atoms with Crippen LogP contribution in [-0.2, 0) is 0 Å². The molecule has 0 amide bonds. The Bertz CT molecular complexity index is 230. The Balaban J connectivity index is 4.54. The summed E-state index contributed by atoms with van der Waals surface area (Å²) >= 11 is 0. The zero-order valence-electron chi connectivity index (χ0n) is 6.39. The molecule has 0 spiro atoms. The van der Waals surface area contributed by atoms with Gasteiger partial charge in [0, 0.05) is 6.42 Å². The van der Waals surface area contributed by atoms with Crippen LogP contribution < -0.4 is 0 Å². The van der Waals surface area contributed by atoms with Gasteiger partial charge in [-0.1, -0.05) is 0 Å². The SMILES string of the molecule is CC(CCC#N)([N+](=O)[O-])[N+](=O)[O-]. The average Bonchev–Trinajstić information content (AvgIpc) is 1.99. The second kappa shape index (κ2) is 3.61. The van der Waals surface area contributed by atoms with Crippen LogP contribution in [0.2, 0.25) is 0 Å². The van der Waals surface area contributed by atoms with Crippen molar-refractivity contribution in [3.8, 4) is 6.07 Å². The molecular formula is C5H7N3O4. The van der Waals surface area contributed by atoms with Crippen LogP contribution in [0.5, 0.6) is 0 Å². The first kappa shape index (κ1) is 10.3. The van der Waals surface area contributed by atoms with Gasteiger partial charge in [0.15, 0.2) is 0 Å². The summed E-state index contributed by atoms with van der Waals surface area (Å²) in [7, 11) is 0. The van der Waals surface area contributed by atoms with Crippen molar-refractivity contribution in [3.05, 3.63) is 20.2 Å². The van der Waals surface area contributed by atoms with Crippen LogP contribution in [0.4, 0.5) is 0 Å². The second-order valence-electron chi connectivity index (χ2n) is 2.39. The third-order valence-electron chi connectivity index (χ3n) is 1.50. The number of hydrogen-bond acceptors (Lipinski definition) is 5. The molecule has 12 heavy (non-hydrogen) atoms. The molecule has 0 N–H and O–H groups in total. The van der Waals surface area contributed by atoms with E-state index in [0.29, 0.717) is 0 Å². The molecule has 0 saturated heterocycles. The molecule has 0 rings (SSSR count). The van der Waals surface area contributed by atoms with Crippen molar-refractivity contribution in [3.63, 3.8) is 0 Å². The molecule has 7 nitrogen and oxygen atoms in total. The summed E-state index contributed by atoms with van der Waals surface area (Å²) in [5.41, 5.74) is -2.23. The zero-order valence-corrected chi connectivity index (χ0v) is 6.39. The van der Waals surface area contributed by atoms with Crippen molar-refractivity contribution in [2.45, 2.75) is 25.4 Å². The van der Waals surface area contributed by atoms with Crippen LogP contribution in [0.3, 0.4) is 0 Å². The first-order valence-corrected chi connectivity index (χ1v) is 3.11. The van der Waals surface area contributed by atoms with Crippen molar-refractivity contribution in [2.24, 2.45) is 0 Å². The van der Waals surface area contributed by atoms with Crippen LogP contribution in [0.25, 0.3) is 0 Å². The third kappa shape index (κ3) is 1.88. The minimum Gasteiger partial charge on any atom is -0.258 e. The quantitative estimate of drug-likeness (QED) is 0.350. The highest BCUT2D eigenvalue weighted by Crippen LogP contribution is 2.16. The Kier molecular flexibility index (Phi) is 3.10. The number of hydrogen-bond donors (Lipinski definition) is 0. The molecule has 0 aromatic heterocycles. The maximum absolute atomic E-state index is 10.2. The van der Waals surface area contributed by atoms with E-state index in [1.165, 1.54) is 0 Å². The topological polar surface area (TPSA) is 110 Å². The summed E-state index contributed by atoms with van der Waals surface area (Å²) < 4.78 is 0. The van der Waals surface area contributed by atoms with Crippen LogP contribution in [-0.4, -0.2) is 15.5 Å². The molecule has 0 aromatic carbocycles. The Hall–Kier alpha value is -1.71. The highest BCUT2D eigenvalue weighted by molar-refractivity contribution is 4.73. The Morgan fingerprint density at radius 3 is 2.08 bits per heavy atom. The van der Waals surface area contributed by atoms with Gasteiger partial charge in [-0.25, -0.2) is 0 Å². The molecule has 0 saturated carbocycles. The minimum atomic E-state index is -2.23. The van der Waals surface area contributed by atoms with E-state index < -0.39 is 15.5 Å². The molecule has 0 atom stereocenters. The van der Waals surface area contributed by atoms with Gasteiger partial charge in [-0.05, 0) is 0 Å². The normalized spacial score (nSPS) is 10.3. The van der Waals surface area contributed by atoms with E-state index in [4.69, 9.17) is 5.26 Å². The monoisotopic (exact) mass is 173 g/mol. The summed E-state index contributed by atoms with van der Waals surface area (Å²) in [5, 5.41) is 28.5. The van der Waals surface area contributed by atoms with E-state index in [0.717, 1.165) is 6.92 Å². The van der Waals surface area contributed by atoms with Crippen LogP contribution in [0.1, 0.15) is 19.8 Å². The fourth-order valence-corrected chi connectivity index (χ4v) is 0.542. The van der Waals surface area contributed by atoms with Crippen molar-refractivity contribution in [1.29, 1.82) is 5.26 Å². The Morgan fingerprint density at radius 2 is 1.83 bits per heavy atom. The highest BCUT2D eigenvalue weighted by Gasteiger charge is 2.49. The number of nitrogens with zero attached hydrogens (tertiary/aromatic N) is 3. The van der Waals surface area contributed by atoms with Crippen LogP contribution in [0, 0.1) is 31.6 Å². The smallest absolute Gasteiger partial charge is 0.258 e. The molecule has 0 heterocycles. The molecule has 0 aliphatic carbocycles. The summed E-state index contributed by atoms with van der Waals surface area (Å²) in [6, 6.07) is 1.62. The fraction of sp³-hybridized carbons (Fsp3) is 0.800. The largest absolute Gasteiger partial charge is 0.456 e. The first-order valence-electron chi connectivity index (χ1n) is 3.11. The number of nitro groups is 2. The lowest BCUT2D eigenvalue weighted by molar-refractivity contribution is -0.792. The van der Waals surface area contributed by atoms with E-state index >= 15 is 0 Å². The third-order valence-corrected chi connectivity index (χ3v) is 1.50. The Labute approximate surface area is 67.9 Å². The molecule has 0 aliphatic rings. The van der Waals surface area contributed by atoms with Gasteiger partial charge in [-0.15, -0.1) is 0 Å². The van der Waals surface area contributed by atoms with Gasteiger partial charge in [-0.2, -0.15) is 5.26 Å². The van der Waals surface area contributed by atoms with E-state index in [-0.39, 0.29) is 12.8 Å². The maximum Gasteiger partial charge on any atom is 0.456 e. The molecule has 0 unspecified atom stereocenters. The summed E-state index contributed by atoms with van der Waals surface area (Å²) in [5.74, 6) is 0. The molecule has 7 heteroatoms. The van der Waals surface area contributed by atoms with Crippen molar-refractivity contribution in [2.75, 3.05) is 0 Å². The fourth-order valence-electron chi connectivity index (χ4n) is 0.542. The van der Waals surface area contributed by atoms with Crippen molar-refractivity contribution >= 4 is 0 Å². The van der Waals surface area contributed by atoms with Crippen molar-refractivity contribution < 1.29 is 9.85 Å². The van der Waals surface area contributed by atoms with Gasteiger partial charge in [0.1, 0.15) is 6.42 Å². The summed E-state index contributed by atoms with van der Waals surface area (Å²) in [6.07, 6.45) is -0.568. The van der Waals surface area contributed by atoms with Gasteiger partial charge in [0.25, 0.3) is 0 Å². The lowest BCUT2D eigenvalue weighted by Crippen LogP contribution is -2.42. The molecule has 0 aliphatic heterocycles. The molecule has 0 radical (unpaired) electrons. The van der Waals surface area contributed by atoms with Gasteiger partial charge in [0.05, 0.1) is 22.8 Å². The van der Waals surface area contributed by atoms with Crippen LogP contribution >= 0.6 is 0 Å². The first-order chi connectivity index (χ1) is 5.45. The van der Waals surface area contributed by atoms with Crippen molar-refractivity contribution in [1.82, 2.24) is 0 Å². The minimum absolute atomic E-state index is 0.196. The lowest BCUT2D eigenvalue weighted by Gasteiger charge is -2.09. The maximum atomic E-state index is 10.2. The van der Waals surface area contributed by atoms with Gasteiger partial charge < -0.3 is 0 Å². The Morgan fingerprint density at radius 1 is 1.42 bits per heavy atom. The number of rotatable bonds is 4. The molecule has 0 bridgehead atoms. The predicted octanol–water partition coefficient (Wildman–Crippen LogP) is 0.560. The summed E-state index contributed by atoms with van der Waals surface area (Å²) in [4.78, 5) is 18.5. The molecular weight excluding hydrogens is 166 g/mol.